The van der Waals surface area contributed by atoms with E-state index in [0.717, 1.165) is 25.2 Å². The van der Waals surface area contributed by atoms with Crippen LogP contribution in [0.5, 0.6) is 0 Å². The Morgan fingerprint density at radius 3 is 2.72 bits per heavy atom. The van der Waals surface area contributed by atoms with Crippen molar-refractivity contribution in [3.63, 3.8) is 0 Å². The van der Waals surface area contributed by atoms with E-state index in [1.165, 1.54) is 17.8 Å². The van der Waals surface area contributed by atoms with Crippen LogP contribution in [0.1, 0.15) is 11.3 Å². The largest absolute Gasteiger partial charge is 0.346 e. The second kappa shape index (κ2) is 6.17. The standard InChI is InChI=1S/C15H17FN2/c1-2-9-17-11-15-4-3-10-18(15)12-13-5-7-14(16)8-6-13/h2-8,10,17H,1,9,11-12H2. The number of rotatable bonds is 6. The van der Waals surface area contributed by atoms with E-state index in [2.05, 4.69) is 22.5 Å². The first-order valence-electron chi connectivity index (χ1n) is 5.99. The lowest BCUT2D eigenvalue weighted by atomic mass is 10.2. The summed E-state index contributed by atoms with van der Waals surface area (Å²) in [4.78, 5) is 0. The minimum atomic E-state index is -0.195. The van der Waals surface area contributed by atoms with Gasteiger partial charge in [-0.15, -0.1) is 6.58 Å². The van der Waals surface area contributed by atoms with Gasteiger partial charge in [0, 0.05) is 31.5 Å². The average Bonchev–Trinajstić information content (AvgIpc) is 2.80. The Labute approximate surface area is 107 Å². The monoisotopic (exact) mass is 244 g/mol. The molecule has 0 aliphatic rings. The summed E-state index contributed by atoms with van der Waals surface area (Å²) in [6.45, 7) is 6.03. The molecule has 1 heterocycles. The first-order valence-corrected chi connectivity index (χ1v) is 5.99. The molecule has 0 radical (unpaired) electrons. The first-order chi connectivity index (χ1) is 8.79. The number of benzene rings is 1. The molecule has 0 atom stereocenters. The van der Waals surface area contributed by atoms with E-state index < -0.39 is 0 Å². The van der Waals surface area contributed by atoms with Crippen molar-refractivity contribution in [1.29, 1.82) is 0 Å². The van der Waals surface area contributed by atoms with Crippen molar-refractivity contribution in [3.8, 4) is 0 Å². The van der Waals surface area contributed by atoms with Gasteiger partial charge < -0.3 is 9.88 Å². The van der Waals surface area contributed by atoms with Gasteiger partial charge in [-0.1, -0.05) is 18.2 Å². The van der Waals surface area contributed by atoms with Gasteiger partial charge in [-0.25, -0.2) is 4.39 Å². The molecule has 0 amide bonds. The first kappa shape index (κ1) is 12.6. The van der Waals surface area contributed by atoms with Crippen LogP contribution in [0, 0.1) is 5.82 Å². The lowest BCUT2D eigenvalue weighted by Gasteiger charge is -2.09. The zero-order valence-electron chi connectivity index (χ0n) is 10.3. The highest BCUT2D eigenvalue weighted by Gasteiger charge is 2.01. The van der Waals surface area contributed by atoms with Crippen LogP contribution in [0.25, 0.3) is 0 Å². The number of nitrogens with one attached hydrogen (secondary N) is 1. The Morgan fingerprint density at radius 1 is 1.22 bits per heavy atom. The maximum Gasteiger partial charge on any atom is 0.123 e. The molecule has 0 bridgehead atoms. The molecule has 0 saturated heterocycles. The molecule has 3 heteroatoms. The van der Waals surface area contributed by atoms with E-state index in [1.807, 2.05) is 30.5 Å². The lowest BCUT2D eigenvalue weighted by Crippen LogP contribution is -2.16. The average molecular weight is 244 g/mol. The second-order valence-corrected chi connectivity index (χ2v) is 4.17. The number of halogens is 1. The quantitative estimate of drug-likeness (QED) is 0.610. The van der Waals surface area contributed by atoms with Gasteiger partial charge in [-0.05, 0) is 29.8 Å². The molecular weight excluding hydrogens is 227 g/mol. The molecule has 94 valence electrons. The summed E-state index contributed by atoms with van der Waals surface area (Å²) < 4.78 is 15.0. The Bertz CT molecular complexity index is 499. The SMILES string of the molecule is C=CCNCc1cccn1Cc1ccc(F)cc1. The molecule has 0 unspecified atom stereocenters. The normalized spacial score (nSPS) is 10.5. The van der Waals surface area contributed by atoms with Gasteiger partial charge >= 0.3 is 0 Å². The molecule has 1 aromatic carbocycles. The van der Waals surface area contributed by atoms with Crippen LogP contribution in [-0.4, -0.2) is 11.1 Å². The smallest absolute Gasteiger partial charge is 0.123 e. The molecular formula is C15H17FN2. The third kappa shape index (κ3) is 3.31. The Morgan fingerprint density at radius 2 is 2.00 bits per heavy atom. The van der Waals surface area contributed by atoms with Crippen LogP contribution in [0.2, 0.25) is 0 Å². The van der Waals surface area contributed by atoms with Crippen molar-refractivity contribution in [1.82, 2.24) is 9.88 Å². The Balaban J connectivity index is 2.02. The Kier molecular flexibility index (Phi) is 4.31. The zero-order valence-corrected chi connectivity index (χ0v) is 10.3. The minimum absolute atomic E-state index is 0.195. The van der Waals surface area contributed by atoms with Crippen molar-refractivity contribution in [3.05, 3.63) is 72.3 Å². The van der Waals surface area contributed by atoms with Crippen LogP contribution >= 0.6 is 0 Å². The van der Waals surface area contributed by atoms with Crippen molar-refractivity contribution in [2.24, 2.45) is 0 Å². The highest BCUT2D eigenvalue weighted by atomic mass is 19.1. The molecule has 2 nitrogen and oxygen atoms in total. The molecule has 0 spiro atoms. The van der Waals surface area contributed by atoms with E-state index in [9.17, 15) is 4.39 Å². The third-order valence-electron chi connectivity index (χ3n) is 2.78. The summed E-state index contributed by atoms with van der Waals surface area (Å²) in [5, 5.41) is 3.27. The predicted octanol–water partition coefficient (Wildman–Crippen LogP) is 2.95. The summed E-state index contributed by atoms with van der Waals surface area (Å²) in [6, 6.07) is 10.7. The Hall–Kier alpha value is -1.87. The number of hydrogen-bond acceptors (Lipinski definition) is 1. The van der Waals surface area contributed by atoms with Crippen LogP contribution < -0.4 is 5.32 Å². The molecule has 0 fully saturated rings. The molecule has 2 aromatic rings. The summed E-state index contributed by atoms with van der Waals surface area (Å²) >= 11 is 0. The summed E-state index contributed by atoms with van der Waals surface area (Å²) in [5.41, 5.74) is 2.30. The number of nitrogens with zero attached hydrogens (tertiary/aromatic N) is 1. The maximum absolute atomic E-state index is 12.8. The van der Waals surface area contributed by atoms with E-state index in [-0.39, 0.29) is 5.82 Å². The lowest BCUT2D eigenvalue weighted by molar-refractivity contribution is 0.625. The van der Waals surface area contributed by atoms with E-state index in [0.29, 0.717) is 0 Å². The maximum atomic E-state index is 12.8. The summed E-state index contributed by atoms with van der Waals surface area (Å²) in [6.07, 6.45) is 3.88. The van der Waals surface area contributed by atoms with Crippen LogP contribution in [0.3, 0.4) is 0 Å². The zero-order chi connectivity index (χ0) is 12.8. The highest BCUT2D eigenvalue weighted by molar-refractivity contribution is 5.18. The molecule has 0 aliphatic heterocycles. The van der Waals surface area contributed by atoms with Crippen molar-refractivity contribution >= 4 is 0 Å². The van der Waals surface area contributed by atoms with Crippen LogP contribution in [-0.2, 0) is 13.1 Å². The molecule has 0 aliphatic carbocycles. The molecule has 1 N–H and O–H groups in total. The van der Waals surface area contributed by atoms with Gasteiger partial charge in [0.2, 0.25) is 0 Å². The van der Waals surface area contributed by atoms with Gasteiger partial charge in [-0.2, -0.15) is 0 Å². The van der Waals surface area contributed by atoms with Gasteiger partial charge in [0.05, 0.1) is 0 Å². The van der Waals surface area contributed by atoms with Crippen LogP contribution in [0.4, 0.5) is 4.39 Å². The molecule has 0 saturated carbocycles. The number of aromatic nitrogens is 1. The molecule has 2 rings (SSSR count). The van der Waals surface area contributed by atoms with Crippen molar-refractivity contribution in [2.75, 3.05) is 6.54 Å². The van der Waals surface area contributed by atoms with E-state index in [1.54, 1.807) is 0 Å². The summed E-state index contributed by atoms with van der Waals surface area (Å²) in [7, 11) is 0. The van der Waals surface area contributed by atoms with Gasteiger partial charge in [-0.3, -0.25) is 0 Å². The summed E-state index contributed by atoms with van der Waals surface area (Å²) in [5.74, 6) is -0.195. The predicted molar refractivity (Wildman–Crippen MR) is 71.8 cm³/mol. The minimum Gasteiger partial charge on any atom is -0.346 e. The van der Waals surface area contributed by atoms with Gasteiger partial charge in [0.1, 0.15) is 5.82 Å². The van der Waals surface area contributed by atoms with E-state index in [4.69, 9.17) is 0 Å². The fourth-order valence-corrected chi connectivity index (χ4v) is 1.85. The van der Waals surface area contributed by atoms with E-state index >= 15 is 0 Å². The van der Waals surface area contributed by atoms with Crippen molar-refractivity contribution < 1.29 is 4.39 Å². The highest BCUT2D eigenvalue weighted by Crippen LogP contribution is 2.09. The molecule has 18 heavy (non-hydrogen) atoms. The van der Waals surface area contributed by atoms with Gasteiger partial charge in [0.25, 0.3) is 0 Å². The fourth-order valence-electron chi connectivity index (χ4n) is 1.85. The van der Waals surface area contributed by atoms with Gasteiger partial charge in [0.15, 0.2) is 0 Å². The second-order valence-electron chi connectivity index (χ2n) is 4.17. The van der Waals surface area contributed by atoms with Crippen molar-refractivity contribution in [2.45, 2.75) is 13.1 Å². The third-order valence-corrected chi connectivity index (χ3v) is 2.78. The van der Waals surface area contributed by atoms with Crippen LogP contribution in [0.15, 0.2) is 55.3 Å². The fraction of sp³-hybridized carbons (Fsp3) is 0.200. The number of hydrogen-bond donors (Lipinski definition) is 1. The topological polar surface area (TPSA) is 17.0 Å². The molecule has 1 aromatic heterocycles.